The zero-order chi connectivity index (χ0) is 20.2. The quantitative estimate of drug-likeness (QED) is 0.442. The fourth-order valence-electron chi connectivity index (χ4n) is 3.32. The number of nitrogens with zero attached hydrogens (tertiary/aromatic N) is 6. The number of hydrogen-bond donors (Lipinski definition) is 0. The van der Waals surface area contributed by atoms with Gasteiger partial charge < -0.3 is 0 Å². The van der Waals surface area contributed by atoms with Crippen LogP contribution in [0.2, 0.25) is 0 Å². The smallest absolute Gasteiger partial charge is 0.0875 e. The summed E-state index contributed by atoms with van der Waals surface area (Å²) in [6, 6.07) is 40.3. The van der Waals surface area contributed by atoms with E-state index >= 15 is 0 Å². The first-order valence-corrected chi connectivity index (χ1v) is 9.74. The van der Waals surface area contributed by atoms with Gasteiger partial charge in [0, 0.05) is 0 Å². The maximum Gasteiger partial charge on any atom is 0.0875 e. The number of para-hydroxylation sites is 4. The average molecular weight is 392 g/mol. The normalized spacial score (nSPS) is 10.7. The van der Waals surface area contributed by atoms with Crippen LogP contribution in [0.4, 0.5) is 0 Å². The maximum absolute atomic E-state index is 4.56. The van der Waals surface area contributed by atoms with E-state index in [9.17, 15) is 0 Å². The lowest BCUT2D eigenvalue weighted by Gasteiger charge is -2.25. The molecular formula is C24H20N6. The lowest BCUT2D eigenvalue weighted by Crippen LogP contribution is -2.34. The van der Waals surface area contributed by atoms with Gasteiger partial charge in [-0.25, -0.2) is 0 Å². The van der Waals surface area contributed by atoms with Crippen LogP contribution in [0.1, 0.15) is 0 Å². The highest BCUT2D eigenvalue weighted by molar-refractivity contribution is 5.38. The summed E-state index contributed by atoms with van der Waals surface area (Å²) in [6.45, 7) is 0. The summed E-state index contributed by atoms with van der Waals surface area (Å²) in [6.07, 6.45) is 0. The molecule has 0 bridgehead atoms. The van der Waals surface area contributed by atoms with Gasteiger partial charge in [-0.05, 0) is 59.0 Å². The largest absolute Gasteiger partial charge is 0.149 e. The molecule has 0 saturated carbocycles. The van der Waals surface area contributed by atoms with Crippen LogP contribution < -0.4 is 0 Å². The minimum Gasteiger partial charge on any atom is -0.149 e. The van der Waals surface area contributed by atoms with E-state index in [0.29, 0.717) is 0 Å². The van der Waals surface area contributed by atoms with E-state index < -0.39 is 0 Å². The lowest BCUT2D eigenvalue weighted by molar-refractivity contribution is 0.333. The Balaban J connectivity index is 1.91. The standard InChI is InChI=1S/C24H20N6/c1-5-13-21(14-6-1)27-25-26-28(22-15-7-2-8-16-22)30(24-19-11-4-12-20-24)29(27)23-17-9-3-10-18-23/h1-20H. The van der Waals surface area contributed by atoms with Gasteiger partial charge in [-0.3, -0.25) is 0 Å². The Morgan fingerprint density at radius 1 is 0.333 bits per heavy atom. The molecular weight excluding hydrogens is 372 g/mol. The van der Waals surface area contributed by atoms with Crippen LogP contribution in [0.3, 0.4) is 0 Å². The summed E-state index contributed by atoms with van der Waals surface area (Å²) in [5.41, 5.74) is 3.70. The van der Waals surface area contributed by atoms with Crippen molar-refractivity contribution in [3.05, 3.63) is 121 Å². The zero-order valence-corrected chi connectivity index (χ0v) is 16.2. The topological polar surface area (TPSA) is 45.5 Å². The molecule has 1 heterocycles. The Bertz CT molecular complexity index is 1160. The average Bonchev–Trinajstić information content (AvgIpc) is 2.85. The van der Waals surface area contributed by atoms with Gasteiger partial charge in [-0.1, -0.05) is 72.8 Å². The summed E-state index contributed by atoms with van der Waals surface area (Å²) < 4.78 is 0. The zero-order valence-electron chi connectivity index (χ0n) is 16.2. The van der Waals surface area contributed by atoms with Crippen molar-refractivity contribution in [2.75, 3.05) is 0 Å². The van der Waals surface area contributed by atoms with Gasteiger partial charge in [0.1, 0.15) is 0 Å². The van der Waals surface area contributed by atoms with E-state index in [4.69, 9.17) is 0 Å². The predicted octanol–water partition coefficient (Wildman–Crippen LogP) is 4.76. The summed E-state index contributed by atoms with van der Waals surface area (Å²) >= 11 is 0. The molecule has 5 rings (SSSR count). The summed E-state index contributed by atoms with van der Waals surface area (Å²) in [5.74, 6) is 0. The van der Waals surface area contributed by atoms with E-state index in [1.807, 2.05) is 107 Å². The van der Waals surface area contributed by atoms with Gasteiger partial charge in [0.05, 0.1) is 22.7 Å². The van der Waals surface area contributed by atoms with Crippen LogP contribution in [-0.4, -0.2) is 29.6 Å². The van der Waals surface area contributed by atoms with Crippen molar-refractivity contribution in [3.63, 3.8) is 0 Å². The molecule has 5 aromatic rings. The molecule has 0 spiro atoms. The third kappa shape index (κ3) is 3.31. The Kier molecular flexibility index (Phi) is 4.72. The molecule has 0 amide bonds. The van der Waals surface area contributed by atoms with Crippen LogP contribution in [0, 0.1) is 0 Å². The van der Waals surface area contributed by atoms with Crippen molar-refractivity contribution < 1.29 is 0 Å². The van der Waals surface area contributed by atoms with Crippen molar-refractivity contribution in [3.8, 4) is 22.7 Å². The van der Waals surface area contributed by atoms with Crippen LogP contribution in [0.5, 0.6) is 0 Å². The highest BCUT2D eigenvalue weighted by Crippen LogP contribution is 2.17. The van der Waals surface area contributed by atoms with Crippen molar-refractivity contribution in [1.29, 1.82) is 0 Å². The van der Waals surface area contributed by atoms with Gasteiger partial charge in [0.15, 0.2) is 0 Å². The molecule has 0 fully saturated rings. The molecule has 6 nitrogen and oxygen atoms in total. The first-order valence-electron chi connectivity index (χ1n) is 9.74. The Morgan fingerprint density at radius 3 is 0.900 bits per heavy atom. The number of benzene rings is 4. The van der Waals surface area contributed by atoms with E-state index in [2.05, 4.69) is 34.7 Å². The molecule has 0 radical (unpaired) electrons. The van der Waals surface area contributed by atoms with Crippen LogP contribution in [0.25, 0.3) is 22.7 Å². The second kappa shape index (κ2) is 7.97. The van der Waals surface area contributed by atoms with Crippen molar-refractivity contribution in [2.24, 2.45) is 0 Å². The number of hydrogen-bond acceptors (Lipinski definition) is 2. The van der Waals surface area contributed by atoms with Crippen molar-refractivity contribution >= 4 is 0 Å². The van der Waals surface area contributed by atoms with Crippen LogP contribution in [-0.2, 0) is 0 Å². The fraction of sp³-hybridized carbons (Fsp3) is 0. The second-order valence-corrected chi connectivity index (χ2v) is 6.68. The first kappa shape index (κ1) is 17.8. The summed E-state index contributed by atoms with van der Waals surface area (Å²) in [7, 11) is 0. The SMILES string of the molecule is c1ccc(-n2nnn(-c3ccccc3)n(-c3ccccc3)n2-c2ccccc2)cc1. The molecule has 0 aliphatic carbocycles. The van der Waals surface area contributed by atoms with Crippen molar-refractivity contribution in [1.82, 2.24) is 29.6 Å². The van der Waals surface area contributed by atoms with Crippen LogP contribution in [0.15, 0.2) is 121 Å². The van der Waals surface area contributed by atoms with Gasteiger partial charge in [0.2, 0.25) is 0 Å². The maximum atomic E-state index is 4.56. The Hall–Kier alpha value is -4.32. The molecule has 0 saturated heterocycles. The minimum atomic E-state index is 0.902. The highest BCUT2D eigenvalue weighted by atomic mass is 15.9. The third-order valence-electron chi connectivity index (χ3n) is 4.70. The number of rotatable bonds is 4. The molecule has 0 atom stereocenters. The molecule has 0 aliphatic heterocycles. The minimum absolute atomic E-state index is 0.902. The molecule has 146 valence electrons. The second-order valence-electron chi connectivity index (χ2n) is 6.68. The van der Waals surface area contributed by atoms with Crippen LogP contribution >= 0.6 is 0 Å². The fourth-order valence-corrected chi connectivity index (χ4v) is 3.32. The number of aromatic nitrogens is 6. The Morgan fingerprint density at radius 2 is 0.600 bits per heavy atom. The van der Waals surface area contributed by atoms with E-state index in [-0.39, 0.29) is 0 Å². The molecule has 0 N–H and O–H groups in total. The monoisotopic (exact) mass is 392 g/mol. The molecule has 0 unspecified atom stereocenters. The van der Waals surface area contributed by atoms with Gasteiger partial charge in [0.25, 0.3) is 0 Å². The molecule has 4 aromatic carbocycles. The van der Waals surface area contributed by atoms with E-state index in [0.717, 1.165) is 22.7 Å². The molecule has 6 heteroatoms. The summed E-state index contributed by atoms with van der Waals surface area (Å²) in [5, 5.41) is 9.12. The lowest BCUT2D eigenvalue weighted by atomic mass is 10.3. The molecule has 30 heavy (non-hydrogen) atoms. The third-order valence-corrected chi connectivity index (χ3v) is 4.70. The van der Waals surface area contributed by atoms with Gasteiger partial charge >= 0.3 is 0 Å². The predicted molar refractivity (Wildman–Crippen MR) is 117 cm³/mol. The molecule has 1 aromatic heterocycles. The Labute approximate surface area is 174 Å². The molecule has 0 aliphatic rings. The van der Waals surface area contributed by atoms with E-state index in [1.165, 1.54) is 0 Å². The van der Waals surface area contributed by atoms with E-state index in [1.54, 1.807) is 9.59 Å². The first-order chi connectivity index (χ1) is 14.9. The van der Waals surface area contributed by atoms with Gasteiger partial charge in [-0.15, -0.1) is 19.2 Å². The van der Waals surface area contributed by atoms with Gasteiger partial charge in [-0.2, -0.15) is 0 Å². The van der Waals surface area contributed by atoms with Crippen molar-refractivity contribution in [2.45, 2.75) is 0 Å². The summed E-state index contributed by atoms with van der Waals surface area (Å²) in [4.78, 5) is 7.60. The highest BCUT2D eigenvalue weighted by Gasteiger charge is 2.15.